The molecule has 1 heterocycles. The summed E-state index contributed by atoms with van der Waals surface area (Å²) >= 11 is 0. The number of esters is 1. The van der Waals surface area contributed by atoms with Crippen LogP contribution in [0.2, 0.25) is 0 Å². The molecule has 0 aromatic heterocycles. The number of carbonyl (C=O) groups excluding carboxylic acids is 3. The minimum absolute atomic E-state index is 0.0547. The maximum Gasteiger partial charge on any atom is 0.410 e. The Hall–Kier alpha value is -2.69. The second-order valence-corrected chi connectivity index (χ2v) is 8.51. The molecule has 1 aromatic carbocycles. The molecule has 0 saturated carbocycles. The van der Waals surface area contributed by atoms with E-state index in [1.807, 2.05) is 30.3 Å². The van der Waals surface area contributed by atoms with Crippen LogP contribution in [0.15, 0.2) is 30.3 Å². The summed E-state index contributed by atoms with van der Waals surface area (Å²) in [5.41, 5.74) is -0.640. The summed E-state index contributed by atoms with van der Waals surface area (Å²) in [7, 11) is 4.07. The van der Waals surface area contributed by atoms with E-state index in [2.05, 4.69) is 0 Å². The van der Waals surface area contributed by atoms with Crippen molar-refractivity contribution in [1.29, 1.82) is 0 Å². The Balaban J connectivity index is 2.25. The number of aliphatic hydroxyl groups is 1. The predicted molar refractivity (Wildman–Crippen MR) is 118 cm³/mol. The van der Waals surface area contributed by atoms with Gasteiger partial charge in [-0.3, -0.25) is 9.69 Å². The highest BCUT2D eigenvalue weighted by molar-refractivity contribution is 5.91. The number of likely N-dealkylation sites (tertiary alicyclic amines) is 1. The van der Waals surface area contributed by atoms with Crippen molar-refractivity contribution in [3.63, 3.8) is 0 Å². The van der Waals surface area contributed by atoms with E-state index in [4.69, 9.17) is 18.9 Å². The third kappa shape index (κ3) is 5.82. The first-order valence-electron chi connectivity index (χ1n) is 10.7. The summed E-state index contributed by atoms with van der Waals surface area (Å²) in [5, 5.41) is 10.7. The Bertz CT molecular complexity index is 818. The Morgan fingerprint density at radius 2 is 1.85 bits per heavy atom. The molecule has 10 heteroatoms. The van der Waals surface area contributed by atoms with Gasteiger partial charge in [0.15, 0.2) is 6.04 Å². The zero-order valence-electron chi connectivity index (χ0n) is 20.0. The molecule has 0 spiro atoms. The molecular weight excluding hydrogens is 432 g/mol. The van der Waals surface area contributed by atoms with Crippen LogP contribution in [0.5, 0.6) is 0 Å². The molecular formula is C23H34N2O8. The fourth-order valence-electron chi connectivity index (χ4n) is 4.02. The van der Waals surface area contributed by atoms with Crippen molar-refractivity contribution in [2.45, 2.75) is 51.2 Å². The molecule has 0 unspecified atom stereocenters. The summed E-state index contributed by atoms with van der Waals surface area (Å²) in [5.74, 6) is -1.58. The number of likely N-dealkylation sites (N-methyl/N-ethyl adjacent to an activating group) is 1. The molecule has 2 amide bonds. The topological polar surface area (TPSA) is 115 Å². The van der Waals surface area contributed by atoms with Crippen LogP contribution >= 0.6 is 0 Å². The van der Waals surface area contributed by atoms with Crippen LogP contribution in [-0.2, 0) is 35.1 Å². The molecule has 0 bridgehead atoms. The maximum absolute atomic E-state index is 13.6. The van der Waals surface area contributed by atoms with Crippen LogP contribution in [0.25, 0.3) is 0 Å². The van der Waals surface area contributed by atoms with E-state index in [0.717, 1.165) is 5.56 Å². The first-order chi connectivity index (χ1) is 15.6. The number of aliphatic hydroxyl groups excluding tert-OH is 1. The fraction of sp³-hybridized carbons (Fsp3) is 0.609. The first-order valence-corrected chi connectivity index (χ1v) is 10.7. The van der Waals surface area contributed by atoms with E-state index in [-0.39, 0.29) is 25.9 Å². The molecule has 1 aliphatic rings. The van der Waals surface area contributed by atoms with Gasteiger partial charge in [0.25, 0.3) is 0 Å². The quantitative estimate of drug-likeness (QED) is 0.429. The highest BCUT2D eigenvalue weighted by Crippen LogP contribution is 2.35. The number of methoxy groups -OCH3 is 2. The van der Waals surface area contributed by atoms with E-state index in [0.29, 0.717) is 0 Å². The lowest BCUT2D eigenvalue weighted by molar-refractivity contribution is -0.184. The molecule has 0 aliphatic carbocycles. The third-order valence-electron chi connectivity index (χ3n) is 5.88. The minimum Gasteiger partial charge on any atom is -0.467 e. The van der Waals surface area contributed by atoms with Gasteiger partial charge in [0, 0.05) is 14.2 Å². The van der Waals surface area contributed by atoms with Crippen molar-refractivity contribution in [2.24, 2.45) is 5.92 Å². The average Bonchev–Trinajstić information content (AvgIpc) is 3.06. The molecule has 184 valence electrons. The van der Waals surface area contributed by atoms with Gasteiger partial charge in [0.2, 0.25) is 5.91 Å². The molecule has 1 aliphatic heterocycles. The summed E-state index contributed by atoms with van der Waals surface area (Å²) < 4.78 is 20.8. The van der Waals surface area contributed by atoms with Crippen LogP contribution in [0.1, 0.15) is 26.3 Å². The zero-order chi connectivity index (χ0) is 24.8. The average molecular weight is 467 g/mol. The summed E-state index contributed by atoms with van der Waals surface area (Å²) in [6.07, 6.45) is -1.86. The SMILES string of the molecule is COCO[C@]1(C)[C@H](O)CN(C(=O)[C@H](C(C)C)N(C)C(=O)OCc2ccccc2)[C@@H]1C(=O)OC. The van der Waals surface area contributed by atoms with E-state index in [1.54, 1.807) is 13.8 Å². The van der Waals surface area contributed by atoms with Gasteiger partial charge in [0.05, 0.1) is 13.7 Å². The molecule has 33 heavy (non-hydrogen) atoms. The lowest BCUT2D eigenvalue weighted by atomic mass is 9.93. The molecule has 4 atom stereocenters. The Labute approximate surface area is 194 Å². The Morgan fingerprint density at radius 1 is 1.21 bits per heavy atom. The predicted octanol–water partition coefficient (Wildman–Crippen LogP) is 1.40. The van der Waals surface area contributed by atoms with Gasteiger partial charge in [-0.1, -0.05) is 44.2 Å². The van der Waals surface area contributed by atoms with Crippen molar-refractivity contribution >= 4 is 18.0 Å². The van der Waals surface area contributed by atoms with Gasteiger partial charge >= 0.3 is 12.1 Å². The minimum atomic E-state index is -1.45. The summed E-state index contributed by atoms with van der Waals surface area (Å²) in [6, 6.07) is 7.01. The molecule has 1 fully saturated rings. The monoisotopic (exact) mass is 466 g/mol. The lowest BCUT2D eigenvalue weighted by Gasteiger charge is -2.37. The fourth-order valence-corrected chi connectivity index (χ4v) is 4.02. The molecule has 1 aromatic rings. The molecule has 0 radical (unpaired) electrons. The van der Waals surface area contributed by atoms with Crippen molar-refractivity contribution in [3.05, 3.63) is 35.9 Å². The third-order valence-corrected chi connectivity index (χ3v) is 5.88. The second kappa shape index (κ2) is 11.4. The zero-order valence-corrected chi connectivity index (χ0v) is 20.0. The number of hydrogen-bond donors (Lipinski definition) is 1. The highest BCUT2D eigenvalue weighted by atomic mass is 16.7. The standard InChI is InChI=1S/C23H34N2O8/c1-15(2)18(24(4)22(29)32-13-16-10-8-7-9-11-16)20(27)25-12-17(26)23(3,33-14-30-5)19(25)21(28)31-6/h7-11,15,17-19,26H,12-14H2,1-6H3/t17-,18+,19-,23-/m1/s1. The molecule has 10 nitrogen and oxygen atoms in total. The van der Waals surface area contributed by atoms with Crippen molar-refractivity contribution in [3.8, 4) is 0 Å². The van der Waals surface area contributed by atoms with E-state index in [9.17, 15) is 19.5 Å². The van der Waals surface area contributed by atoms with Crippen LogP contribution in [0, 0.1) is 5.92 Å². The molecule has 1 saturated heterocycles. The largest absolute Gasteiger partial charge is 0.467 e. The Kier molecular flexibility index (Phi) is 9.21. The lowest BCUT2D eigenvalue weighted by Crippen LogP contribution is -2.59. The summed E-state index contributed by atoms with van der Waals surface area (Å²) in [6.45, 7) is 4.78. The van der Waals surface area contributed by atoms with Crippen LogP contribution in [0.4, 0.5) is 4.79 Å². The number of carbonyl (C=O) groups is 3. The van der Waals surface area contributed by atoms with E-state index in [1.165, 1.54) is 38.0 Å². The Morgan fingerprint density at radius 3 is 2.39 bits per heavy atom. The molecule has 1 N–H and O–H groups in total. The van der Waals surface area contributed by atoms with Crippen LogP contribution in [-0.4, -0.2) is 91.3 Å². The van der Waals surface area contributed by atoms with Crippen LogP contribution in [0.3, 0.4) is 0 Å². The number of hydrogen-bond acceptors (Lipinski definition) is 8. The van der Waals surface area contributed by atoms with Gasteiger partial charge < -0.3 is 29.0 Å². The van der Waals surface area contributed by atoms with Gasteiger partial charge in [-0.15, -0.1) is 0 Å². The van der Waals surface area contributed by atoms with Gasteiger partial charge in [0.1, 0.15) is 31.1 Å². The molecule has 2 rings (SSSR count). The number of nitrogens with zero attached hydrogens (tertiary/aromatic N) is 2. The van der Waals surface area contributed by atoms with Gasteiger partial charge in [-0.05, 0) is 18.4 Å². The highest BCUT2D eigenvalue weighted by Gasteiger charge is 2.58. The second-order valence-electron chi connectivity index (χ2n) is 8.51. The first kappa shape index (κ1) is 26.6. The number of rotatable bonds is 9. The van der Waals surface area contributed by atoms with Gasteiger partial charge in [-0.2, -0.15) is 0 Å². The van der Waals surface area contributed by atoms with Crippen LogP contribution < -0.4 is 0 Å². The number of benzene rings is 1. The number of β-amino-alcohol motifs (C(OH)–C–C–N with tert-alkyl or cyclic N) is 1. The maximum atomic E-state index is 13.6. The van der Waals surface area contributed by atoms with E-state index < -0.39 is 41.8 Å². The smallest absolute Gasteiger partial charge is 0.410 e. The van der Waals surface area contributed by atoms with Crippen molar-refractivity contribution < 1.29 is 38.4 Å². The normalized spacial score (nSPS) is 23.3. The summed E-state index contributed by atoms with van der Waals surface area (Å²) in [4.78, 5) is 41.4. The van der Waals surface area contributed by atoms with Gasteiger partial charge in [-0.25, -0.2) is 9.59 Å². The number of ether oxygens (including phenoxy) is 4. The van der Waals surface area contributed by atoms with Crippen molar-refractivity contribution in [2.75, 3.05) is 34.6 Å². The van der Waals surface area contributed by atoms with Crippen molar-refractivity contribution in [1.82, 2.24) is 9.80 Å². The van der Waals surface area contributed by atoms with E-state index >= 15 is 0 Å². The number of amides is 2.